The zero-order valence-corrected chi connectivity index (χ0v) is 13.3. The topological polar surface area (TPSA) is 58.6 Å². The average Bonchev–Trinajstić information content (AvgIpc) is 2.57. The van der Waals surface area contributed by atoms with Gasteiger partial charge >= 0.3 is 0 Å². The molecule has 2 amide bonds. The molecular formula is C17H15ClN2O3. The summed E-state index contributed by atoms with van der Waals surface area (Å²) in [7, 11) is 1.66. The van der Waals surface area contributed by atoms with Gasteiger partial charge in [-0.15, -0.1) is 0 Å². The predicted octanol–water partition coefficient (Wildman–Crippen LogP) is 2.63. The van der Waals surface area contributed by atoms with Gasteiger partial charge in [-0.05, 0) is 29.8 Å². The number of nitrogens with one attached hydrogen (secondary N) is 1. The van der Waals surface area contributed by atoms with Crippen LogP contribution in [0.25, 0.3) is 0 Å². The number of fused-ring (bicyclic) bond motifs is 1. The second-order valence-corrected chi connectivity index (χ2v) is 5.61. The zero-order valence-electron chi connectivity index (χ0n) is 12.5. The molecule has 0 aromatic heterocycles. The number of anilines is 1. The van der Waals surface area contributed by atoms with E-state index in [4.69, 9.17) is 16.3 Å². The smallest absolute Gasteiger partial charge is 0.264 e. The van der Waals surface area contributed by atoms with E-state index in [1.807, 2.05) is 18.2 Å². The second-order valence-electron chi connectivity index (χ2n) is 5.20. The SMILES string of the molecule is CN1C(=O)COc2ccc(C(=O)NCc3ccccc3Cl)cc21. The molecule has 23 heavy (non-hydrogen) atoms. The van der Waals surface area contributed by atoms with Gasteiger partial charge in [-0.3, -0.25) is 9.59 Å². The van der Waals surface area contributed by atoms with Crippen LogP contribution in [0.3, 0.4) is 0 Å². The van der Waals surface area contributed by atoms with Crippen molar-refractivity contribution in [2.24, 2.45) is 0 Å². The lowest BCUT2D eigenvalue weighted by molar-refractivity contribution is -0.120. The van der Waals surface area contributed by atoms with Crippen LogP contribution in [-0.4, -0.2) is 25.5 Å². The Kier molecular flexibility index (Phi) is 4.21. The van der Waals surface area contributed by atoms with Crippen molar-refractivity contribution in [3.63, 3.8) is 0 Å². The number of halogens is 1. The van der Waals surface area contributed by atoms with E-state index in [0.29, 0.717) is 28.6 Å². The molecule has 0 atom stereocenters. The van der Waals surface area contributed by atoms with Crippen LogP contribution in [0.1, 0.15) is 15.9 Å². The van der Waals surface area contributed by atoms with Crippen molar-refractivity contribution in [3.05, 3.63) is 58.6 Å². The van der Waals surface area contributed by atoms with Crippen LogP contribution in [0.2, 0.25) is 5.02 Å². The van der Waals surface area contributed by atoms with Crippen molar-refractivity contribution in [1.82, 2.24) is 5.32 Å². The van der Waals surface area contributed by atoms with Gasteiger partial charge < -0.3 is 15.0 Å². The maximum absolute atomic E-state index is 12.3. The highest BCUT2D eigenvalue weighted by atomic mass is 35.5. The Hall–Kier alpha value is -2.53. The molecule has 0 bridgehead atoms. The summed E-state index contributed by atoms with van der Waals surface area (Å²) in [6.45, 7) is 0.350. The number of ether oxygens (including phenoxy) is 1. The average molecular weight is 331 g/mol. The molecule has 1 aliphatic rings. The molecule has 2 aromatic rings. The first-order valence-corrected chi connectivity index (χ1v) is 7.49. The minimum absolute atomic E-state index is 0.0154. The van der Waals surface area contributed by atoms with E-state index >= 15 is 0 Å². The Labute approximate surface area is 138 Å². The van der Waals surface area contributed by atoms with Crippen LogP contribution in [0.4, 0.5) is 5.69 Å². The van der Waals surface area contributed by atoms with E-state index in [2.05, 4.69) is 5.32 Å². The summed E-state index contributed by atoms with van der Waals surface area (Å²) in [6.07, 6.45) is 0. The number of benzene rings is 2. The van der Waals surface area contributed by atoms with Gasteiger partial charge in [-0.2, -0.15) is 0 Å². The summed E-state index contributed by atoms with van der Waals surface area (Å²) in [5, 5.41) is 3.43. The number of amides is 2. The fourth-order valence-corrected chi connectivity index (χ4v) is 2.54. The molecule has 6 heteroatoms. The molecule has 0 fully saturated rings. The van der Waals surface area contributed by atoms with Crippen molar-refractivity contribution < 1.29 is 14.3 Å². The van der Waals surface area contributed by atoms with Gasteiger partial charge in [0.15, 0.2) is 6.61 Å². The van der Waals surface area contributed by atoms with Crippen molar-refractivity contribution in [1.29, 1.82) is 0 Å². The fraction of sp³-hybridized carbons (Fsp3) is 0.176. The molecule has 1 aliphatic heterocycles. The first kappa shape index (κ1) is 15.4. The molecule has 3 rings (SSSR count). The van der Waals surface area contributed by atoms with Crippen LogP contribution in [0.15, 0.2) is 42.5 Å². The zero-order chi connectivity index (χ0) is 16.4. The first-order valence-electron chi connectivity index (χ1n) is 7.11. The monoisotopic (exact) mass is 330 g/mol. The van der Waals surface area contributed by atoms with E-state index in [1.54, 1.807) is 31.3 Å². The highest BCUT2D eigenvalue weighted by molar-refractivity contribution is 6.31. The molecule has 1 N–H and O–H groups in total. The van der Waals surface area contributed by atoms with Gasteiger partial charge in [0.2, 0.25) is 0 Å². The lowest BCUT2D eigenvalue weighted by atomic mass is 10.1. The Morgan fingerprint density at radius 2 is 2.09 bits per heavy atom. The number of carbonyl (C=O) groups is 2. The summed E-state index contributed by atoms with van der Waals surface area (Å²) in [4.78, 5) is 25.5. The van der Waals surface area contributed by atoms with Crippen LogP contribution >= 0.6 is 11.6 Å². The van der Waals surface area contributed by atoms with Crippen molar-refractivity contribution >= 4 is 29.1 Å². The number of rotatable bonds is 3. The number of hydrogen-bond donors (Lipinski definition) is 1. The number of hydrogen-bond acceptors (Lipinski definition) is 3. The largest absolute Gasteiger partial charge is 0.482 e. The number of nitrogens with zero attached hydrogens (tertiary/aromatic N) is 1. The quantitative estimate of drug-likeness (QED) is 0.941. The molecule has 5 nitrogen and oxygen atoms in total. The third-order valence-electron chi connectivity index (χ3n) is 3.70. The van der Waals surface area contributed by atoms with Crippen LogP contribution < -0.4 is 15.0 Å². The predicted molar refractivity (Wildman–Crippen MR) is 88.0 cm³/mol. The van der Waals surface area contributed by atoms with Crippen LogP contribution in [-0.2, 0) is 11.3 Å². The number of likely N-dealkylation sites (N-methyl/N-ethyl adjacent to an activating group) is 1. The van der Waals surface area contributed by atoms with Crippen LogP contribution in [0, 0.1) is 0 Å². The normalized spacial score (nSPS) is 13.3. The maximum Gasteiger partial charge on any atom is 0.264 e. The van der Waals surface area contributed by atoms with Gasteiger partial charge in [0, 0.05) is 24.2 Å². The van der Waals surface area contributed by atoms with Gasteiger partial charge in [0.1, 0.15) is 5.75 Å². The summed E-state index contributed by atoms with van der Waals surface area (Å²) < 4.78 is 5.35. The van der Waals surface area contributed by atoms with Gasteiger partial charge in [-0.1, -0.05) is 29.8 Å². The maximum atomic E-state index is 12.3. The van der Waals surface area contributed by atoms with Crippen molar-refractivity contribution in [3.8, 4) is 5.75 Å². The van der Waals surface area contributed by atoms with E-state index < -0.39 is 0 Å². The van der Waals surface area contributed by atoms with E-state index in [1.165, 1.54) is 4.90 Å². The second kappa shape index (κ2) is 6.30. The Morgan fingerprint density at radius 3 is 2.87 bits per heavy atom. The van der Waals surface area contributed by atoms with Crippen molar-refractivity contribution in [2.75, 3.05) is 18.6 Å². The lowest BCUT2D eigenvalue weighted by Gasteiger charge is -2.26. The molecule has 0 unspecified atom stereocenters. The Bertz CT molecular complexity index is 776. The molecule has 0 aliphatic carbocycles. The highest BCUT2D eigenvalue weighted by Gasteiger charge is 2.23. The first-order chi connectivity index (χ1) is 11.1. The Morgan fingerprint density at radius 1 is 1.30 bits per heavy atom. The van der Waals surface area contributed by atoms with Crippen molar-refractivity contribution in [2.45, 2.75) is 6.54 Å². The minimum Gasteiger partial charge on any atom is -0.482 e. The third-order valence-corrected chi connectivity index (χ3v) is 4.07. The van der Waals surface area contributed by atoms with Crippen LogP contribution in [0.5, 0.6) is 5.75 Å². The van der Waals surface area contributed by atoms with Gasteiger partial charge in [-0.25, -0.2) is 0 Å². The molecular weight excluding hydrogens is 316 g/mol. The molecule has 118 valence electrons. The van der Waals surface area contributed by atoms with E-state index in [0.717, 1.165) is 5.56 Å². The summed E-state index contributed by atoms with van der Waals surface area (Å²) in [5.41, 5.74) is 1.89. The molecule has 2 aromatic carbocycles. The standard InChI is InChI=1S/C17H15ClN2O3/c1-20-14-8-11(6-7-15(14)23-10-16(20)21)17(22)19-9-12-4-2-3-5-13(12)18/h2-8H,9-10H2,1H3,(H,19,22). The molecule has 0 spiro atoms. The van der Waals surface area contributed by atoms with Gasteiger partial charge in [0.25, 0.3) is 11.8 Å². The fourth-order valence-electron chi connectivity index (χ4n) is 2.33. The Balaban J connectivity index is 1.76. The summed E-state index contributed by atoms with van der Waals surface area (Å²) >= 11 is 6.07. The third kappa shape index (κ3) is 3.14. The van der Waals surface area contributed by atoms with Gasteiger partial charge in [0.05, 0.1) is 5.69 Å². The number of carbonyl (C=O) groups excluding carboxylic acids is 2. The molecule has 0 radical (unpaired) electrons. The summed E-state index contributed by atoms with van der Waals surface area (Å²) in [5.74, 6) is 0.208. The minimum atomic E-state index is -0.237. The molecule has 0 saturated heterocycles. The van der Waals surface area contributed by atoms with E-state index in [-0.39, 0.29) is 18.4 Å². The molecule has 1 heterocycles. The van der Waals surface area contributed by atoms with E-state index in [9.17, 15) is 9.59 Å². The lowest BCUT2D eigenvalue weighted by Crippen LogP contribution is -2.35. The highest BCUT2D eigenvalue weighted by Crippen LogP contribution is 2.31. The summed E-state index contributed by atoms with van der Waals surface area (Å²) in [6, 6.07) is 12.4. The molecule has 0 saturated carbocycles.